The summed E-state index contributed by atoms with van der Waals surface area (Å²) in [6.07, 6.45) is 3.34. The van der Waals surface area contributed by atoms with E-state index in [1.165, 1.54) is 51.3 Å². The van der Waals surface area contributed by atoms with Gasteiger partial charge in [0.2, 0.25) is 0 Å². The summed E-state index contributed by atoms with van der Waals surface area (Å²) in [6, 6.07) is 5.09. The SMILES string of the molecule is Cc1ccc(CN2CCN(C3CCNC3)CC2)cn1.Cl. The van der Waals surface area contributed by atoms with Crippen LogP contribution in [0.2, 0.25) is 0 Å². The number of nitrogens with zero attached hydrogens (tertiary/aromatic N) is 3. The van der Waals surface area contributed by atoms with Crippen LogP contribution in [0.15, 0.2) is 18.3 Å². The Bertz CT molecular complexity index is 395. The van der Waals surface area contributed by atoms with E-state index >= 15 is 0 Å². The van der Waals surface area contributed by atoms with Gasteiger partial charge in [0.1, 0.15) is 0 Å². The van der Waals surface area contributed by atoms with Gasteiger partial charge in [-0.2, -0.15) is 0 Å². The smallest absolute Gasteiger partial charge is 0.0372 e. The molecule has 1 aromatic rings. The molecule has 1 aromatic heterocycles. The standard InChI is InChI=1S/C15H24N4.ClH/c1-13-2-3-14(10-17-13)12-18-6-8-19(9-7-18)15-4-5-16-11-15;/h2-3,10,15-16H,4-9,11-12H2,1H3;1H. The summed E-state index contributed by atoms with van der Waals surface area (Å²) in [6.45, 7) is 10.3. The third-order valence-corrected chi connectivity index (χ3v) is 4.34. The molecule has 2 saturated heterocycles. The van der Waals surface area contributed by atoms with E-state index in [2.05, 4.69) is 32.2 Å². The predicted molar refractivity (Wildman–Crippen MR) is 84.3 cm³/mol. The predicted octanol–water partition coefficient (Wildman–Crippen LogP) is 1.29. The molecular formula is C15H25ClN4. The summed E-state index contributed by atoms with van der Waals surface area (Å²) in [5.74, 6) is 0. The first-order valence-corrected chi connectivity index (χ1v) is 7.40. The van der Waals surface area contributed by atoms with Gasteiger partial charge in [0.15, 0.2) is 0 Å². The van der Waals surface area contributed by atoms with E-state index in [-0.39, 0.29) is 12.4 Å². The van der Waals surface area contributed by atoms with Gasteiger partial charge >= 0.3 is 0 Å². The lowest BCUT2D eigenvalue weighted by Crippen LogP contribution is -2.50. The Morgan fingerprint density at radius 1 is 1.25 bits per heavy atom. The average molecular weight is 297 g/mol. The lowest BCUT2D eigenvalue weighted by molar-refractivity contribution is 0.0981. The third kappa shape index (κ3) is 3.92. The number of halogens is 1. The number of hydrogen-bond donors (Lipinski definition) is 1. The van der Waals surface area contributed by atoms with E-state index in [0.29, 0.717) is 0 Å². The van der Waals surface area contributed by atoms with Crippen LogP contribution in [-0.2, 0) is 6.54 Å². The molecular weight excluding hydrogens is 272 g/mol. The van der Waals surface area contributed by atoms with E-state index in [0.717, 1.165) is 18.3 Å². The van der Waals surface area contributed by atoms with E-state index in [4.69, 9.17) is 0 Å². The molecule has 3 heterocycles. The van der Waals surface area contributed by atoms with E-state index in [1.807, 2.05) is 13.1 Å². The van der Waals surface area contributed by atoms with Crippen molar-refractivity contribution in [3.8, 4) is 0 Å². The molecule has 0 radical (unpaired) electrons. The molecule has 3 rings (SSSR count). The molecule has 4 nitrogen and oxygen atoms in total. The molecule has 2 fully saturated rings. The molecule has 0 aromatic carbocycles. The van der Waals surface area contributed by atoms with Crippen LogP contribution in [0.5, 0.6) is 0 Å². The Hall–Kier alpha value is -0.680. The fraction of sp³-hybridized carbons (Fsp3) is 0.667. The summed E-state index contributed by atoms with van der Waals surface area (Å²) < 4.78 is 0. The second kappa shape index (κ2) is 7.36. The van der Waals surface area contributed by atoms with Crippen molar-refractivity contribution in [2.24, 2.45) is 0 Å². The first-order valence-electron chi connectivity index (χ1n) is 7.40. The van der Waals surface area contributed by atoms with Crippen LogP contribution in [-0.4, -0.2) is 60.1 Å². The summed E-state index contributed by atoms with van der Waals surface area (Å²) >= 11 is 0. The van der Waals surface area contributed by atoms with E-state index < -0.39 is 0 Å². The summed E-state index contributed by atoms with van der Waals surface area (Å²) in [5.41, 5.74) is 2.43. The Kier molecular flexibility index (Phi) is 5.78. The Morgan fingerprint density at radius 2 is 2.05 bits per heavy atom. The molecule has 0 saturated carbocycles. The maximum absolute atomic E-state index is 4.38. The Labute approximate surface area is 128 Å². The van der Waals surface area contributed by atoms with Gasteiger partial charge in [-0.05, 0) is 31.5 Å². The number of piperazine rings is 1. The van der Waals surface area contributed by atoms with Crippen molar-refractivity contribution in [2.45, 2.75) is 25.9 Å². The van der Waals surface area contributed by atoms with Gasteiger partial charge in [-0.1, -0.05) is 6.07 Å². The zero-order valence-electron chi connectivity index (χ0n) is 12.2. The van der Waals surface area contributed by atoms with Crippen LogP contribution >= 0.6 is 12.4 Å². The van der Waals surface area contributed by atoms with Crippen LogP contribution < -0.4 is 5.32 Å². The lowest BCUT2D eigenvalue weighted by atomic mass is 10.1. The number of pyridine rings is 1. The molecule has 112 valence electrons. The molecule has 0 amide bonds. The van der Waals surface area contributed by atoms with Gasteiger partial charge in [0.25, 0.3) is 0 Å². The number of rotatable bonds is 3. The maximum Gasteiger partial charge on any atom is 0.0372 e. The summed E-state index contributed by atoms with van der Waals surface area (Å²) in [7, 11) is 0. The zero-order valence-corrected chi connectivity index (χ0v) is 13.0. The zero-order chi connectivity index (χ0) is 13.1. The van der Waals surface area contributed by atoms with Crippen molar-refractivity contribution in [3.63, 3.8) is 0 Å². The molecule has 5 heteroatoms. The van der Waals surface area contributed by atoms with Crippen molar-refractivity contribution >= 4 is 12.4 Å². The summed E-state index contributed by atoms with van der Waals surface area (Å²) in [5, 5.41) is 3.46. The minimum absolute atomic E-state index is 0. The van der Waals surface area contributed by atoms with Crippen molar-refractivity contribution < 1.29 is 0 Å². The summed E-state index contributed by atoms with van der Waals surface area (Å²) in [4.78, 5) is 9.58. The molecule has 0 bridgehead atoms. The van der Waals surface area contributed by atoms with E-state index in [9.17, 15) is 0 Å². The molecule has 2 aliphatic rings. The number of aryl methyl sites for hydroxylation is 1. The van der Waals surface area contributed by atoms with Crippen molar-refractivity contribution in [2.75, 3.05) is 39.3 Å². The largest absolute Gasteiger partial charge is 0.315 e. The van der Waals surface area contributed by atoms with Gasteiger partial charge in [0, 0.05) is 57.2 Å². The van der Waals surface area contributed by atoms with Crippen LogP contribution in [0, 0.1) is 6.92 Å². The quantitative estimate of drug-likeness (QED) is 0.911. The highest BCUT2D eigenvalue weighted by atomic mass is 35.5. The van der Waals surface area contributed by atoms with Gasteiger partial charge in [-0.25, -0.2) is 0 Å². The second-order valence-corrected chi connectivity index (χ2v) is 5.77. The third-order valence-electron chi connectivity index (χ3n) is 4.34. The maximum atomic E-state index is 4.38. The topological polar surface area (TPSA) is 31.4 Å². The molecule has 1 atom stereocenters. The van der Waals surface area contributed by atoms with Crippen LogP contribution in [0.4, 0.5) is 0 Å². The molecule has 0 aliphatic carbocycles. The monoisotopic (exact) mass is 296 g/mol. The average Bonchev–Trinajstić information content (AvgIpc) is 2.96. The number of aromatic nitrogens is 1. The van der Waals surface area contributed by atoms with Crippen LogP contribution in [0.25, 0.3) is 0 Å². The van der Waals surface area contributed by atoms with Gasteiger partial charge in [0.05, 0.1) is 0 Å². The first-order chi connectivity index (χ1) is 9.31. The van der Waals surface area contributed by atoms with Crippen molar-refractivity contribution in [1.82, 2.24) is 20.1 Å². The van der Waals surface area contributed by atoms with Crippen LogP contribution in [0.1, 0.15) is 17.7 Å². The normalized spacial score (nSPS) is 24.6. The molecule has 0 spiro atoms. The highest BCUT2D eigenvalue weighted by Crippen LogP contribution is 2.13. The molecule has 20 heavy (non-hydrogen) atoms. The Balaban J connectivity index is 0.00000147. The molecule has 2 aliphatic heterocycles. The highest BCUT2D eigenvalue weighted by Gasteiger charge is 2.25. The van der Waals surface area contributed by atoms with Crippen LogP contribution in [0.3, 0.4) is 0 Å². The van der Waals surface area contributed by atoms with Gasteiger partial charge in [-0.3, -0.25) is 14.8 Å². The fourth-order valence-corrected chi connectivity index (χ4v) is 3.09. The molecule has 1 N–H and O–H groups in total. The Morgan fingerprint density at radius 3 is 2.65 bits per heavy atom. The van der Waals surface area contributed by atoms with Gasteiger partial charge in [-0.15, -0.1) is 12.4 Å². The molecule has 1 unspecified atom stereocenters. The minimum Gasteiger partial charge on any atom is -0.315 e. The fourth-order valence-electron chi connectivity index (χ4n) is 3.09. The first kappa shape index (κ1) is 15.7. The second-order valence-electron chi connectivity index (χ2n) is 5.77. The van der Waals surface area contributed by atoms with E-state index in [1.54, 1.807) is 0 Å². The highest BCUT2D eigenvalue weighted by molar-refractivity contribution is 5.85. The minimum atomic E-state index is 0. The number of nitrogens with one attached hydrogen (secondary N) is 1. The van der Waals surface area contributed by atoms with Gasteiger partial charge < -0.3 is 5.32 Å². The lowest BCUT2D eigenvalue weighted by Gasteiger charge is -2.37. The van der Waals surface area contributed by atoms with Crippen molar-refractivity contribution in [3.05, 3.63) is 29.6 Å². The number of hydrogen-bond acceptors (Lipinski definition) is 4. The van der Waals surface area contributed by atoms with Crippen molar-refractivity contribution in [1.29, 1.82) is 0 Å².